The molecule has 0 bridgehead atoms. The number of rotatable bonds is 5. The van der Waals surface area contributed by atoms with Crippen molar-refractivity contribution in [3.8, 4) is 17.2 Å². The van der Waals surface area contributed by atoms with Crippen LogP contribution in [-0.2, 0) is 0 Å². The summed E-state index contributed by atoms with van der Waals surface area (Å²) in [5.41, 5.74) is 1.46. The van der Waals surface area contributed by atoms with Crippen LogP contribution in [0, 0.1) is 18.8 Å². The van der Waals surface area contributed by atoms with Crippen molar-refractivity contribution >= 4 is 11.7 Å². The second kappa shape index (κ2) is 7.77. The summed E-state index contributed by atoms with van der Waals surface area (Å²) >= 11 is 0. The first-order chi connectivity index (χ1) is 14.0. The van der Waals surface area contributed by atoms with E-state index in [9.17, 15) is 4.79 Å². The lowest BCUT2D eigenvalue weighted by Gasteiger charge is -2.23. The maximum atomic E-state index is 13.2. The Kier molecular flexibility index (Phi) is 5.17. The van der Waals surface area contributed by atoms with E-state index in [1.54, 1.807) is 25.6 Å². The summed E-state index contributed by atoms with van der Waals surface area (Å²) in [5, 5.41) is 0. The molecule has 0 aliphatic carbocycles. The maximum absolute atomic E-state index is 13.2. The van der Waals surface area contributed by atoms with Crippen LogP contribution in [0.1, 0.15) is 16.1 Å². The fraction of sp³-hybridized carbons (Fsp3) is 0.476. The third-order valence-corrected chi connectivity index (χ3v) is 5.82. The number of amides is 1. The van der Waals surface area contributed by atoms with E-state index in [0.717, 1.165) is 37.7 Å². The highest BCUT2D eigenvalue weighted by atomic mass is 16.5. The highest BCUT2D eigenvalue weighted by Crippen LogP contribution is 2.41. The highest BCUT2D eigenvalue weighted by Gasteiger charge is 2.42. The van der Waals surface area contributed by atoms with Gasteiger partial charge in [-0.1, -0.05) is 0 Å². The number of hydrogen-bond acceptors (Lipinski definition) is 7. The molecule has 1 amide bonds. The Morgan fingerprint density at radius 1 is 0.966 bits per heavy atom. The fourth-order valence-corrected chi connectivity index (χ4v) is 4.40. The molecule has 0 radical (unpaired) electrons. The molecule has 8 heteroatoms. The van der Waals surface area contributed by atoms with Crippen LogP contribution in [0.2, 0.25) is 0 Å². The third-order valence-electron chi connectivity index (χ3n) is 5.82. The number of carbonyl (C=O) groups is 1. The summed E-state index contributed by atoms with van der Waals surface area (Å²) in [6.45, 7) is 5.21. The Bertz CT molecular complexity index is 906. The van der Waals surface area contributed by atoms with Crippen LogP contribution in [0.5, 0.6) is 17.2 Å². The van der Waals surface area contributed by atoms with Crippen LogP contribution in [-0.4, -0.2) is 68.3 Å². The van der Waals surface area contributed by atoms with Crippen LogP contribution in [0.4, 0.5) is 5.82 Å². The predicted molar refractivity (Wildman–Crippen MR) is 108 cm³/mol. The maximum Gasteiger partial charge on any atom is 0.257 e. The average Bonchev–Trinajstić information content (AvgIpc) is 3.31. The summed E-state index contributed by atoms with van der Waals surface area (Å²) in [7, 11) is 4.64. The molecule has 1 aromatic carbocycles. The molecule has 154 valence electrons. The Morgan fingerprint density at radius 3 is 2.24 bits per heavy atom. The zero-order chi connectivity index (χ0) is 20.5. The normalized spacial score (nSPS) is 20.6. The van der Waals surface area contributed by atoms with Gasteiger partial charge in [0.1, 0.15) is 12.1 Å². The molecule has 8 nitrogen and oxygen atoms in total. The summed E-state index contributed by atoms with van der Waals surface area (Å²) in [5.74, 6) is 3.17. The first kappa shape index (κ1) is 19.3. The van der Waals surface area contributed by atoms with Gasteiger partial charge >= 0.3 is 0 Å². The monoisotopic (exact) mass is 398 g/mol. The molecule has 2 atom stereocenters. The molecule has 3 heterocycles. The van der Waals surface area contributed by atoms with Gasteiger partial charge in [0.25, 0.3) is 5.91 Å². The molecule has 2 aliphatic rings. The van der Waals surface area contributed by atoms with Crippen LogP contribution >= 0.6 is 0 Å². The number of methoxy groups -OCH3 is 3. The molecule has 4 rings (SSSR count). The van der Waals surface area contributed by atoms with Gasteiger partial charge in [0.15, 0.2) is 11.5 Å². The number of aryl methyl sites for hydroxylation is 1. The molecule has 1 aromatic heterocycles. The molecular formula is C21H26N4O4. The number of anilines is 1. The average molecular weight is 398 g/mol. The van der Waals surface area contributed by atoms with E-state index in [1.165, 1.54) is 14.2 Å². The molecule has 2 aliphatic heterocycles. The van der Waals surface area contributed by atoms with Gasteiger partial charge in [-0.3, -0.25) is 4.79 Å². The molecule has 2 aromatic rings. The minimum absolute atomic E-state index is 0.0402. The summed E-state index contributed by atoms with van der Waals surface area (Å²) in [6, 6.07) is 5.50. The molecule has 2 fully saturated rings. The number of likely N-dealkylation sites (tertiary alicyclic amines) is 1. The van der Waals surface area contributed by atoms with E-state index in [4.69, 9.17) is 14.2 Å². The molecule has 2 unspecified atom stereocenters. The minimum atomic E-state index is -0.0402. The van der Waals surface area contributed by atoms with Crippen LogP contribution in [0.3, 0.4) is 0 Å². The number of ether oxygens (including phenoxy) is 3. The van der Waals surface area contributed by atoms with E-state index < -0.39 is 0 Å². The topological polar surface area (TPSA) is 77.0 Å². The highest BCUT2D eigenvalue weighted by molar-refractivity contribution is 5.98. The Balaban J connectivity index is 1.49. The van der Waals surface area contributed by atoms with Crippen LogP contribution in [0.25, 0.3) is 0 Å². The largest absolute Gasteiger partial charge is 0.493 e. The second-order valence-corrected chi connectivity index (χ2v) is 7.53. The first-order valence-corrected chi connectivity index (χ1v) is 9.67. The quantitative estimate of drug-likeness (QED) is 0.763. The SMILES string of the molecule is COc1ccc(C(=O)N2CC3CN(c4cc(C)ncn4)CC3C2)c(OC)c1OC. The van der Waals surface area contributed by atoms with Gasteiger partial charge in [0.2, 0.25) is 5.75 Å². The zero-order valence-electron chi connectivity index (χ0n) is 17.2. The molecule has 0 spiro atoms. The molecule has 0 N–H and O–H groups in total. The van der Waals surface area contributed by atoms with Crippen molar-refractivity contribution in [3.05, 3.63) is 35.8 Å². The van der Waals surface area contributed by atoms with Gasteiger partial charge < -0.3 is 24.0 Å². The lowest BCUT2D eigenvalue weighted by atomic mass is 10.0. The molecule has 0 saturated carbocycles. The minimum Gasteiger partial charge on any atom is -0.493 e. The molecule has 29 heavy (non-hydrogen) atoms. The van der Waals surface area contributed by atoms with Crippen molar-refractivity contribution in [2.45, 2.75) is 6.92 Å². The van der Waals surface area contributed by atoms with Gasteiger partial charge in [-0.25, -0.2) is 9.97 Å². The number of benzene rings is 1. The van der Waals surface area contributed by atoms with Crippen molar-refractivity contribution in [2.24, 2.45) is 11.8 Å². The summed E-state index contributed by atoms with van der Waals surface area (Å²) in [4.78, 5) is 26.0. The first-order valence-electron chi connectivity index (χ1n) is 9.67. The van der Waals surface area contributed by atoms with Gasteiger partial charge in [-0.2, -0.15) is 0 Å². The number of hydrogen-bond donors (Lipinski definition) is 0. The number of fused-ring (bicyclic) bond motifs is 1. The number of aromatic nitrogens is 2. The van der Waals surface area contributed by atoms with Crippen molar-refractivity contribution in [1.82, 2.24) is 14.9 Å². The summed E-state index contributed by atoms with van der Waals surface area (Å²) < 4.78 is 16.2. The standard InChI is InChI=1S/C21H26N4O4/c1-13-7-18(23-12-22-13)24-8-14-10-25(11-15(14)9-24)21(26)16-5-6-17(27-2)20(29-4)19(16)28-3/h5-7,12,14-15H,8-11H2,1-4H3. The van der Waals surface area contributed by atoms with Crippen molar-refractivity contribution in [2.75, 3.05) is 52.4 Å². The van der Waals surface area contributed by atoms with Gasteiger partial charge in [0.05, 0.1) is 26.9 Å². The molecule has 2 saturated heterocycles. The van der Waals surface area contributed by atoms with Crippen molar-refractivity contribution in [1.29, 1.82) is 0 Å². The Hall–Kier alpha value is -3.03. The second-order valence-electron chi connectivity index (χ2n) is 7.53. The van der Waals surface area contributed by atoms with Crippen molar-refractivity contribution < 1.29 is 19.0 Å². The zero-order valence-corrected chi connectivity index (χ0v) is 17.2. The molecular weight excluding hydrogens is 372 g/mol. The lowest BCUT2D eigenvalue weighted by molar-refractivity contribution is 0.0778. The van der Waals surface area contributed by atoms with E-state index >= 15 is 0 Å². The van der Waals surface area contributed by atoms with E-state index in [1.807, 2.05) is 17.9 Å². The van der Waals surface area contributed by atoms with Gasteiger partial charge in [-0.15, -0.1) is 0 Å². The van der Waals surface area contributed by atoms with E-state index in [2.05, 4.69) is 14.9 Å². The Morgan fingerprint density at radius 2 is 1.66 bits per heavy atom. The smallest absolute Gasteiger partial charge is 0.257 e. The Labute approximate surface area is 170 Å². The van der Waals surface area contributed by atoms with Gasteiger partial charge in [0, 0.05) is 49.8 Å². The van der Waals surface area contributed by atoms with E-state index in [-0.39, 0.29) is 5.91 Å². The number of nitrogens with zero attached hydrogens (tertiary/aromatic N) is 4. The van der Waals surface area contributed by atoms with E-state index in [0.29, 0.717) is 34.6 Å². The van der Waals surface area contributed by atoms with Crippen LogP contribution < -0.4 is 19.1 Å². The summed E-state index contributed by atoms with van der Waals surface area (Å²) in [6.07, 6.45) is 1.61. The predicted octanol–water partition coefficient (Wildman–Crippen LogP) is 2.02. The fourth-order valence-electron chi connectivity index (χ4n) is 4.40. The van der Waals surface area contributed by atoms with Crippen molar-refractivity contribution in [3.63, 3.8) is 0 Å². The van der Waals surface area contributed by atoms with Gasteiger partial charge in [-0.05, 0) is 19.1 Å². The van der Waals surface area contributed by atoms with Crippen LogP contribution in [0.15, 0.2) is 24.5 Å². The number of carbonyl (C=O) groups excluding carboxylic acids is 1. The third kappa shape index (κ3) is 3.43. The lowest BCUT2D eigenvalue weighted by Crippen LogP contribution is -2.33.